The summed E-state index contributed by atoms with van der Waals surface area (Å²) in [6.45, 7) is 0. The zero-order valence-electron chi connectivity index (χ0n) is 20.9. The number of fused-ring (bicyclic) bond motifs is 5. The number of hydrogen-bond acceptors (Lipinski definition) is 3. The quantitative estimate of drug-likeness (QED) is 0.238. The lowest BCUT2D eigenvalue weighted by molar-refractivity contribution is -0.274. The Labute approximate surface area is 223 Å². The Morgan fingerprint density at radius 1 is 0.795 bits per heavy atom. The summed E-state index contributed by atoms with van der Waals surface area (Å²) >= 11 is 0. The maximum atomic E-state index is 12.5. The summed E-state index contributed by atoms with van der Waals surface area (Å²) in [5.74, 6) is -0.0745. The molecule has 1 aromatic heterocycles. The summed E-state index contributed by atoms with van der Waals surface area (Å²) in [7, 11) is 0. The van der Waals surface area contributed by atoms with Crippen LogP contribution in [-0.2, 0) is 6.42 Å². The lowest BCUT2D eigenvalue weighted by atomic mass is 9.72. The van der Waals surface area contributed by atoms with Gasteiger partial charge in [0.1, 0.15) is 5.75 Å². The van der Waals surface area contributed by atoms with Crippen molar-refractivity contribution in [2.24, 2.45) is 0 Å². The molecule has 0 radical (unpaired) electrons. The van der Waals surface area contributed by atoms with Gasteiger partial charge in [0.15, 0.2) is 0 Å². The van der Waals surface area contributed by atoms with E-state index in [1.54, 1.807) is 12.1 Å². The van der Waals surface area contributed by atoms with Gasteiger partial charge in [-0.15, -0.1) is 13.2 Å². The first kappa shape index (κ1) is 23.7. The van der Waals surface area contributed by atoms with E-state index < -0.39 is 6.36 Å². The number of hydrogen-bond donors (Lipinski definition) is 0. The highest BCUT2D eigenvalue weighted by Gasteiger charge is 2.32. The number of aromatic nitrogens is 2. The van der Waals surface area contributed by atoms with E-state index in [1.807, 2.05) is 24.3 Å². The Morgan fingerprint density at radius 2 is 1.62 bits per heavy atom. The number of rotatable bonds is 3. The number of benzene rings is 4. The van der Waals surface area contributed by atoms with Crippen molar-refractivity contribution in [1.82, 2.24) is 10.2 Å². The van der Waals surface area contributed by atoms with Gasteiger partial charge in [-0.25, -0.2) is 0 Å². The molecular formula is C33H23F3N2O. The summed E-state index contributed by atoms with van der Waals surface area (Å²) in [5, 5.41) is 12.6. The zero-order valence-corrected chi connectivity index (χ0v) is 20.9. The molecule has 7 rings (SSSR count). The van der Waals surface area contributed by atoms with Crippen LogP contribution < -0.4 is 4.74 Å². The Bertz CT molecular complexity index is 1800. The molecule has 0 aliphatic heterocycles. The smallest absolute Gasteiger partial charge is 0.406 e. The monoisotopic (exact) mass is 520 g/mol. The largest absolute Gasteiger partial charge is 0.573 e. The summed E-state index contributed by atoms with van der Waals surface area (Å²) in [5.41, 5.74) is 8.92. The molecule has 4 aromatic carbocycles. The third kappa shape index (κ3) is 4.36. The van der Waals surface area contributed by atoms with Crippen molar-refractivity contribution < 1.29 is 17.9 Å². The number of allylic oxidation sites excluding steroid dienone is 4. The Balaban J connectivity index is 1.29. The highest BCUT2D eigenvalue weighted by molar-refractivity contribution is 5.96. The van der Waals surface area contributed by atoms with Crippen molar-refractivity contribution in [3.63, 3.8) is 0 Å². The molecule has 5 aromatic rings. The Hall–Kier alpha value is -4.45. The van der Waals surface area contributed by atoms with Crippen molar-refractivity contribution in [3.8, 4) is 16.9 Å². The van der Waals surface area contributed by atoms with Gasteiger partial charge in [-0.1, -0.05) is 72.3 Å². The first-order chi connectivity index (χ1) is 18.9. The molecule has 0 N–H and O–H groups in total. The fourth-order valence-corrected chi connectivity index (χ4v) is 5.98. The lowest BCUT2D eigenvalue weighted by Gasteiger charge is -2.32. The lowest BCUT2D eigenvalue weighted by Crippen LogP contribution is -2.18. The van der Waals surface area contributed by atoms with Crippen molar-refractivity contribution in [3.05, 3.63) is 119 Å². The minimum atomic E-state index is -4.71. The molecule has 0 spiro atoms. The number of nitrogens with zero attached hydrogens (tertiary/aromatic N) is 2. The molecule has 3 nitrogen and oxygen atoms in total. The molecule has 1 atom stereocenters. The highest BCUT2D eigenvalue weighted by atomic mass is 19.4. The summed E-state index contributed by atoms with van der Waals surface area (Å²) in [6, 6.07) is 26.9. The van der Waals surface area contributed by atoms with Gasteiger partial charge in [-0.05, 0) is 88.2 Å². The van der Waals surface area contributed by atoms with Crippen LogP contribution in [0.3, 0.4) is 0 Å². The topological polar surface area (TPSA) is 35.0 Å². The van der Waals surface area contributed by atoms with Crippen LogP contribution in [0.25, 0.3) is 38.4 Å². The second kappa shape index (κ2) is 9.09. The fourth-order valence-electron chi connectivity index (χ4n) is 5.98. The van der Waals surface area contributed by atoms with E-state index >= 15 is 0 Å². The molecule has 0 fully saturated rings. The van der Waals surface area contributed by atoms with Gasteiger partial charge in [-0.2, -0.15) is 10.2 Å². The summed E-state index contributed by atoms with van der Waals surface area (Å²) < 4.78 is 41.7. The van der Waals surface area contributed by atoms with Gasteiger partial charge >= 0.3 is 6.36 Å². The Morgan fingerprint density at radius 3 is 2.46 bits per heavy atom. The second-order valence-corrected chi connectivity index (χ2v) is 10.1. The molecule has 1 unspecified atom stereocenters. The van der Waals surface area contributed by atoms with E-state index in [1.165, 1.54) is 39.8 Å². The SMILES string of the molecule is FC(F)(F)Oc1ccc(-c2ccc3c4c(ccc3c2)C2=C(CCC=C2)C(c2cc3ccccc3nn2)C4)cc1. The molecule has 0 saturated carbocycles. The maximum Gasteiger partial charge on any atom is 0.573 e. The van der Waals surface area contributed by atoms with Crippen molar-refractivity contribution in [1.29, 1.82) is 0 Å². The van der Waals surface area contributed by atoms with Crippen LogP contribution >= 0.6 is 0 Å². The maximum absolute atomic E-state index is 12.5. The van der Waals surface area contributed by atoms with Crippen LogP contribution in [0.4, 0.5) is 13.2 Å². The van der Waals surface area contributed by atoms with Crippen LogP contribution in [0.5, 0.6) is 5.75 Å². The second-order valence-electron chi connectivity index (χ2n) is 10.1. The molecule has 0 bridgehead atoms. The van der Waals surface area contributed by atoms with Crippen LogP contribution in [0.1, 0.15) is 35.6 Å². The number of ether oxygens (including phenoxy) is 1. The van der Waals surface area contributed by atoms with Crippen LogP contribution in [0.15, 0.2) is 103 Å². The van der Waals surface area contributed by atoms with Gasteiger partial charge in [-0.3, -0.25) is 0 Å². The minimum absolute atomic E-state index is 0.154. The molecule has 6 heteroatoms. The van der Waals surface area contributed by atoms with Crippen molar-refractivity contribution in [2.45, 2.75) is 31.5 Å². The van der Waals surface area contributed by atoms with Crippen LogP contribution in [-0.4, -0.2) is 16.6 Å². The number of halogens is 3. The molecule has 1 heterocycles. The van der Waals surface area contributed by atoms with Crippen LogP contribution in [0, 0.1) is 0 Å². The first-order valence-corrected chi connectivity index (χ1v) is 13.0. The summed E-state index contributed by atoms with van der Waals surface area (Å²) in [6.07, 6.45) is 2.67. The standard InChI is InChI=1S/C33H23F3N2O/c34-33(35,36)39-24-13-9-20(10-14-24)21-11-15-25-22(17-21)12-16-28-26-6-2-3-7-27(26)30(19-29(25)28)32-18-23-5-1-4-8-31(23)37-38-32/h1-2,4-6,8-18,30H,3,7,19H2. The van der Waals surface area contributed by atoms with Gasteiger partial charge in [0.25, 0.3) is 0 Å². The van der Waals surface area contributed by atoms with E-state index in [4.69, 9.17) is 0 Å². The summed E-state index contributed by atoms with van der Waals surface area (Å²) in [4.78, 5) is 0. The zero-order chi connectivity index (χ0) is 26.6. The average Bonchev–Trinajstić information content (AvgIpc) is 2.95. The molecule has 0 saturated heterocycles. The number of alkyl halides is 3. The normalized spacial score (nSPS) is 16.8. The minimum Gasteiger partial charge on any atom is -0.406 e. The van der Waals surface area contributed by atoms with Gasteiger partial charge < -0.3 is 4.74 Å². The van der Waals surface area contributed by atoms with Gasteiger partial charge in [0.2, 0.25) is 0 Å². The van der Waals surface area contributed by atoms with E-state index in [-0.39, 0.29) is 11.7 Å². The first-order valence-electron chi connectivity index (χ1n) is 13.0. The highest BCUT2D eigenvalue weighted by Crippen LogP contribution is 2.46. The van der Waals surface area contributed by atoms with Crippen LogP contribution in [0.2, 0.25) is 0 Å². The van der Waals surface area contributed by atoms with Crippen molar-refractivity contribution >= 4 is 27.2 Å². The molecule has 2 aliphatic rings. The average molecular weight is 521 g/mol. The third-order valence-corrected chi connectivity index (χ3v) is 7.75. The van der Waals surface area contributed by atoms with E-state index in [9.17, 15) is 13.2 Å². The molecular weight excluding hydrogens is 497 g/mol. The molecule has 0 amide bonds. The van der Waals surface area contributed by atoms with E-state index in [0.29, 0.717) is 0 Å². The fraction of sp³-hybridized carbons (Fsp3) is 0.152. The Kier molecular flexibility index (Phi) is 5.51. The predicted molar refractivity (Wildman–Crippen MR) is 147 cm³/mol. The predicted octanol–water partition coefficient (Wildman–Crippen LogP) is 8.79. The molecule has 192 valence electrons. The van der Waals surface area contributed by atoms with E-state index in [2.05, 4.69) is 63.5 Å². The van der Waals surface area contributed by atoms with Gasteiger partial charge in [0, 0.05) is 11.3 Å². The molecule has 39 heavy (non-hydrogen) atoms. The van der Waals surface area contributed by atoms with Crippen molar-refractivity contribution in [2.75, 3.05) is 0 Å². The van der Waals surface area contributed by atoms with E-state index in [0.717, 1.165) is 52.4 Å². The third-order valence-electron chi connectivity index (χ3n) is 7.75. The molecule has 2 aliphatic carbocycles. The van der Waals surface area contributed by atoms with Gasteiger partial charge in [0.05, 0.1) is 11.2 Å².